The summed E-state index contributed by atoms with van der Waals surface area (Å²) in [5, 5.41) is 0. The summed E-state index contributed by atoms with van der Waals surface area (Å²) in [6, 6.07) is 0. The summed E-state index contributed by atoms with van der Waals surface area (Å²) in [6.07, 6.45) is 24.5. The highest BCUT2D eigenvalue weighted by molar-refractivity contribution is 9.18. The largest absolute Gasteiger partial charge is 0.287 e. The molecule has 0 bridgehead atoms. The van der Waals surface area contributed by atoms with Crippen LogP contribution in [-0.2, 0) is 4.79 Å². The number of hydrogen-bond donors (Lipinski definition) is 0. The number of allylic oxidation sites excluding steroid dienone is 6. The van der Waals surface area contributed by atoms with Gasteiger partial charge in [0.05, 0.1) is 0 Å². The lowest BCUT2D eigenvalue weighted by atomic mass is 10.1. The van der Waals surface area contributed by atoms with Crippen molar-refractivity contribution in [2.45, 2.75) is 71.1 Å². The normalized spacial score (nSPS) is 12.1. The van der Waals surface area contributed by atoms with Gasteiger partial charge in [-0.1, -0.05) is 62.6 Å². The van der Waals surface area contributed by atoms with E-state index >= 15 is 0 Å². The maximum absolute atomic E-state index is 10.7. The molecule has 0 aliphatic heterocycles. The fourth-order valence-corrected chi connectivity index (χ4v) is 2.16. The van der Waals surface area contributed by atoms with Crippen molar-refractivity contribution in [1.29, 1.82) is 0 Å². The summed E-state index contributed by atoms with van der Waals surface area (Å²) in [5.74, 6) is 0. The molecule has 0 aliphatic rings. The van der Waals surface area contributed by atoms with Crippen LogP contribution in [0.1, 0.15) is 71.1 Å². The number of hydrogen-bond acceptors (Lipinski definition) is 1. The van der Waals surface area contributed by atoms with Gasteiger partial charge in [0, 0.05) is 6.42 Å². The predicted octanol–water partition coefficient (Wildman–Crippen LogP) is 6.50. The number of unbranched alkanes of at least 4 members (excludes halogenated alkanes) is 5. The van der Waals surface area contributed by atoms with Gasteiger partial charge in [0.15, 0.2) is 4.69 Å². The van der Waals surface area contributed by atoms with Crippen LogP contribution in [0.4, 0.5) is 0 Å². The summed E-state index contributed by atoms with van der Waals surface area (Å²) in [4.78, 5) is 10.7. The Balaban J connectivity index is 3.23. The molecular weight excluding hydrogens is 312 g/mol. The first-order valence-corrected chi connectivity index (χ1v) is 8.70. The summed E-state index contributed by atoms with van der Waals surface area (Å²) < 4.78 is 0.138. The molecular formula is C18H29BrO. The minimum absolute atomic E-state index is 0.138. The minimum atomic E-state index is 0.138. The zero-order valence-corrected chi connectivity index (χ0v) is 14.4. The van der Waals surface area contributed by atoms with E-state index < -0.39 is 0 Å². The molecule has 0 saturated carbocycles. The molecule has 1 nitrogen and oxygen atoms in total. The zero-order chi connectivity index (χ0) is 14.9. The van der Waals surface area contributed by atoms with E-state index in [9.17, 15) is 4.79 Å². The third-order valence-electron chi connectivity index (χ3n) is 3.02. The van der Waals surface area contributed by atoms with Crippen LogP contribution in [0.25, 0.3) is 0 Å². The number of halogens is 1. The van der Waals surface area contributed by atoms with Crippen molar-refractivity contribution in [3.63, 3.8) is 0 Å². The SMILES string of the molecule is CC/C=C\C/C=C\C/C=C\CCCCCCCC(=O)Br. The maximum Gasteiger partial charge on any atom is 0.197 e. The van der Waals surface area contributed by atoms with Gasteiger partial charge in [0.25, 0.3) is 0 Å². The van der Waals surface area contributed by atoms with Crippen LogP contribution < -0.4 is 0 Å². The average molecular weight is 341 g/mol. The smallest absolute Gasteiger partial charge is 0.197 e. The summed E-state index contributed by atoms with van der Waals surface area (Å²) >= 11 is 2.96. The van der Waals surface area contributed by atoms with Gasteiger partial charge in [-0.05, 0) is 54.5 Å². The summed E-state index contributed by atoms with van der Waals surface area (Å²) in [6.45, 7) is 2.16. The minimum Gasteiger partial charge on any atom is -0.287 e. The lowest BCUT2D eigenvalue weighted by Gasteiger charge is -1.98. The third kappa shape index (κ3) is 17.4. The van der Waals surface area contributed by atoms with Crippen LogP contribution in [0.15, 0.2) is 36.5 Å². The molecule has 0 aromatic heterocycles. The van der Waals surface area contributed by atoms with E-state index in [1.165, 1.54) is 32.1 Å². The van der Waals surface area contributed by atoms with E-state index in [0.29, 0.717) is 6.42 Å². The number of carbonyl (C=O) groups is 1. The van der Waals surface area contributed by atoms with Crippen molar-refractivity contribution >= 4 is 20.6 Å². The standard InChI is InChI=1S/C18H29BrO/c1-2-3-4-5-6-7-8-9-10-11-12-13-14-15-16-17-18(19)20/h3-4,6-7,9-10H,2,5,8,11-17H2,1H3/b4-3-,7-6-,10-9-. The number of carbonyl (C=O) groups excluding carboxylic acids is 1. The van der Waals surface area contributed by atoms with Crippen molar-refractivity contribution in [1.82, 2.24) is 0 Å². The summed E-state index contributed by atoms with van der Waals surface area (Å²) in [5.41, 5.74) is 0. The molecule has 0 spiro atoms. The van der Waals surface area contributed by atoms with E-state index in [4.69, 9.17) is 0 Å². The summed E-state index contributed by atoms with van der Waals surface area (Å²) in [7, 11) is 0. The topological polar surface area (TPSA) is 17.1 Å². The van der Waals surface area contributed by atoms with Crippen LogP contribution in [0.3, 0.4) is 0 Å². The lowest BCUT2D eigenvalue weighted by molar-refractivity contribution is -0.110. The van der Waals surface area contributed by atoms with Gasteiger partial charge in [0.2, 0.25) is 0 Å². The highest BCUT2D eigenvalue weighted by Crippen LogP contribution is 2.09. The Hall–Kier alpha value is -0.630. The van der Waals surface area contributed by atoms with Gasteiger partial charge < -0.3 is 0 Å². The maximum atomic E-state index is 10.7. The molecule has 0 aromatic rings. The Labute approximate surface area is 133 Å². The molecule has 20 heavy (non-hydrogen) atoms. The second-order valence-electron chi connectivity index (χ2n) is 4.96. The monoisotopic (exact) mass is 340 g/mol. The van der Waals surface area contributed by atoms with Crippen molar-refractivity contribution in [2.75, 3.05) is 0 Å². The average Bonchev–Trinajstić information content (AvgIpc) is 2.43. The Bertz CT molecular complexity index is 303. The molecule has 2 heteroatoms. The second kappa shape index (κ2) is 16.4. The molecule has 114 valence electrons. The van der Waals surface area contributed by atoms with E-state index in [2.05, 4.69) is 59.3 Å². The van der Waals surface area contributed by atoms with Gasteiger partial charge in [-0.15, -0.1) is 0 Å². The van der Waals surface area contributed by atoms with Gasteiger partial charge in [-0.3, -0.25) is 4.79 Å². The first-order valence-electron chi connectivity index (χ1n) is 7.90. The van der Waals surface area contributed by atoms with Gasteiger partial charge >= 0.3 is 0 Å². The molecule has 0 saturated heterocycles. The molecule has 0 amide bonds. The van der Waals surface area contributed by atoms with Gasteiger partial charge in [0.1, 0.15) is 0 Å². The van der Waals surface area contributed by atoms with Crippen LogP contribution in [0.5, 0.6) is 0 Å². The van der Waals surface area contributed by atoms with Crippen molar-refractivity contribution in [2.24, 2.45) is 0 Å². The van der Waals surface area contributed by atoms with Gasteiger partial charge in [-0.2, -0.15) is 0 Å². The molecule has 0 aromatic carbocycles. The fourth-order valence-electron chi connectivity index (χ4n) is 1.88. The van der Waals surface area contributed by atoms with Crippen LogP contribution in [-0.4, -0.2) is 4.69 Å². The van der Waals surface area contributed by atoms with Crippen molar-refractivity contribution < 1.29 is 4.79 Å². The Morgan fingerprint density at radius 2 is 1.35 bits per heavy atom. The third-order valence-corrected chi connectivity index (χ3v) is 3.42. The molecule has 0 fully saturated rings. The van der Waals surface area contributed by atoms with E-state index in [1.54, 1.807) is 0 Å². The van der Waals surface area contributed by atoms with E-state index in [0.717, 1.165) is 25.7 Å². The first kappa shape index (κ1) is 19.4. The molecule has 0 aliphatic carbocycles. The van der Waals surface area contributed by atoms with Gasteiger partial charge in [-0.25, -0.2) is 0 Å². The van der Waals surface area contributed by atoms with Crippen molar-refractivity contribution in [3.8, 4) is 0 Å². The Morgan fingerprint density at radius 1 is 0.800 bits per heavy atom. The fraction of sp³-hybridized carbons (Fsp3) is 0.611. The zero-order valence-electron chi connectivity index (χ0n) is 12.8. The van der Waals surface area contributed by atoms with Crippen LogP contribution >= 0.6 is 15.9 Å². The quantitative estimate of drug-likeness (QED) is 0.212. The molecule has 0 N–H and O–H groups in total. The molecule has 0 radical (unpaired) electrons. The van der Waals surface area contributed by atoms with Crippen LogP contribution in [0.2, 0.25) is 0 Å². The van der Waals surface area contributed by atoms with E-state index in [-0.39, 0.29) is 4.69 Å². The van der Waals surface area contributed by atoms with E-state index in [1.807, 2.05) is 0 Å². The van der Waals surface area contributed by atoms with Crippen molar-refractivity contribution in [3.05, 3.63) is 36.5 Å². The molecule has 0 unspecified atom stereocenters. The highest BCUT2D eigenvalue weighted by Gasteiger charge is 1.94. The molecule has 0 atom stereocenters. The first-order chi connectivity index (χ1) is 9.77. The highest BCUT2D eigenvalue weighted by atomic mass is 79.9. The number of rotatable bonds is 13. The second-order valence-corrected chi connectivity index (χ2v) is 5.84. The predicted molar refractivity (Wildman–Crippen MR) is 93.2 cm³/mol. The molecule has 0 rings (SSSR count). The molecule has 0 heterocycles. The Morgan fingerprint density at radius 3 is 2.00 bits per heavy atom. The Kier molecular flexibility index (Phi) is 15.9. The van der Waals surface area contributed by atoms with Crippen LogP contribution in [0, 0.1) is 0 Å². The lowest BCUT2D eigenvalue weighted by Crippen LogP contribution is -1.85.